The predicted molar refractivity (Wildman–Crippen MR) is 79.7 cm³/mol. The minimum absolute atomic E-state index is 0.0789. The maximum atomic E-state index is 11.8. The lowest BCUT2D eigenvalue weighted by molar-refractivity contribution is -0.116. The van der Waals surface area contributed by atoms with Crippen LogP contribution in [0.3, 0.4) is 0 Å². The number of hydrogen-bond donors (Lipinski definition) is 2. The fraction of sp³-hybridized carbons (Fsp3) is 0.214. The second kappa shape index (κ2) is 6.08. The Bertz CT molecular complexity index is 646. The normalized spacial score (nSPS) is 10.2. The van der Waals surface area contributed by atoms with Gasteiger partial charge in [-0.15, -0.1) is 0 Å². The highest BCUT2D eigenvalue weighted by Gasteiger charge is 2.08. The Labute approximate surface area is 122 Å². The van der Waals surface area contributed by atoms with Gasteiger partial charge in [0.1, 0.15) is 12.4 Å². The quantitative estimate of drug-likeness (QED) is 0.870. The second-order valence-corrected chi connectivity index (χ2v) is 4.76. The Morgan fingerprint density at radius 1 is 1.24 bits per heavy atom. The number of hydrogen-bond acceptors (Lipinski definition) is 4. The van der Waals surface area contributed by atoms with Crippen molar-refractivity contribution in [2.24, 2.45) is 0 Å². The summed E-state index contributed by atoms with van der Waals surface area (Å²) in [5, 5.41) is 6.66. The minimum atomic E-state index is -0.218. The van der Waals surface area contributed by atoms with Crippen LogP contribution in [0, 0.1) is 0 Å². The fourth-order valence-corrected chi connectivity index (χ4v) is 1.77. The largest absolute Gasteiger partial charge is 0.382 e. The molecule has 1 aromatic heterocycles. The molecule has 0 bridgehead atoms. The van der Waals surface area contributed by atoms with Gasteiger partial charge in [-0.25, -0.2) is 0 Å². The van der Waals surface area contributed by atoms with Crippen LogP contribution in [-0.2, 0) is 11.3 Å². The lowest BCUT2D eigenvalue weighted by Crippen LogP contribution is -2.22. The van der Waals surface area contributed by atoms with Crippen molar-refractivity contribution in [1.29, 1.82) is 0 Å². The van der Waals surface area contributed by atoms with Gasteiger partial charge in [-0.2, -0.15) is 5.10 Å². The van der Waals surface area contributed by atoms with Gasteiger partial charge in [-0.1, -0.05) is 0 Å². The number of benzene rings is 1. The molecule has 7 heteroatoms. The number of nitrogens with zero attached hydrogens (tertiary/aromatic N) is 3. The highest BCUT2D eigenvalue weighted by Crippen LogP contribution is 2.11. The maximum absolute atomic E-state index is 11.8. The number of carbonyl (C=O) groups excluding carboxylic acids is 2. The smallest absolute Gasteiger partial charge is 0.253 e. The average Bonchev–Trinajstić information content (AvgIpc) is 2.83. The van der Waals surface area contributed by atoms with Crippen molar-refractivity contribution in [1.82, 2.24) is 14.7 Å². The second-order valence-electron chi connectivity index (χ2n) is 4.76. The molecular formula is C14H17N5O2. The Morgan fingerprint density at radius 2 is 1.90 bits per heavy atom. The molecule has 110 valence electrons. The van der Waals surface area contributed by atoms with E-state index in [1.807, 2.05) is 0 Å². The number of carbonyl (C=O) groups is 2. The van der Waals surface area contributed by atoms with E-state index in [2.05, 4.69) is 10.4 Å². The lowest BCUT2D eigenvalue weighted by Gasteiger charge is -2.11. The molecule has 7 nitrogen and oxygen atoms in total. The molecule has 2 amide bonds. The van der Waals surface area contributed by atoms with E-state index in [0.717, 1.165) is 0 Å². The number of amides is 2. The molecule has 0 aliphatic rings. The highest BCUT2D eigenvalue weighted by molar-refractivity contribution is 5.95. The summed E-state index contributed by atoms with van der Waals surface area (Å²) in [5.74, 6) is 0.0685. The molecule has 21 heavy (non-hydrogen) atoms. The summed E-state index contributed by atoms with van der Waals surface area (Å²) in [4.78, 5) is 25.1. The van der Waals surface area contributed by atoms with E-state index in [0.29, 0.717) is 17.1 Å². The summed E-state index contributed by atoms with van der Waals surface area (Å²) < 4.78 is 1.45. The van der Waals surface area contributed by atoms with E-state index >= 15 is 0 Å². The Kier molecular flexibility index (Phi) is 4.22. The number of rotatable bonds is 4. The van der Waals surface area contributed by atoms with E-state index in [-0.39, 0.29) is 18.4 Å². The number of nitrogen functional groups attached to an aromatic ring is 1. The third-order valence-electron chi connectivity index (χ3n) is 2.79. The third-order valence-corrected chi connectivity index (χ3v) is 2.79. The van der Waals surface area contributed by atoms with E-state index in [4.69, 9.17) is 5.73 Å². The van der Waals surface area contributed by atoms with Crippen LogP contribution in [0.1, 0.15) is 10.4 Å². The summed E-state index contributed by atoms with van der Waals surface area (Å²) in [5.41, 5.74) is 6.66. The summed E-state index contributed by atoms with van der Waals surface area (Å²) in [7, 11) is 3.38. The summed E-state index contributed by atoms with van der Waals surface area (Å²) in [6.45, 7) is 0.0789. The standard InChI is InChI=1S/C14H17N5O2/c1-18(2)14(21)10-3-5-11(6-4-10)16-13(20)9-19-8-7-12(15)17-19/h3-8H,9H2,1-2H3,(H2,15,17)(H,16,20). The number of anilines is 2. The molecule has 2 aromatic rings. The predicted octanol–water partition coefficient (Wildman–Crippen LogP) is 0.806. The van der Waals surface area contributed by atoms with E-state index in [9.17, 15) is 9.59 Å². The average molecular weight is 287 g/mol. The van der Waals surface area contributed by atoms with Crippen LogP contribution in [0.5, 0.6) is 0 Å². The Morgan fingerprint density at radius 3 is 2.43 bits per heavy atom. The van der Waals surface area contributed by atoms with Crippen molar-refractivity contribution in [3.8, 4) is 0 Å². The van der Waals surface area contributed by atoms with Gasteiger partial charge in [-0.05, 0) is 30.3 Å². The molecule has 0 saturated heterocycles. The van der Waals surface area contributed by atoms with E-state index in [1.165, 1.54) is 9.58 Å². The van der Waals surface area contributed by atoms with Crippen LogP contribution in [0.25, 0.3) is 0 Å². The summed E-state index contributed by atoms with van der Waals surface area (Å²) >= 11 is 0. The molecule has 0 fully saturated rings. The first kappa shape index (κ1) is 14.6. The first-order valence-electron chi connectivity index (χ1n) is 6.36. The molecule has 1 heterocycles. The van der Waals surface area contributed by atoms with Crippen molar-refractivity contribution < 1.29 is 9.59 Å². The highest BCUT2D eigenvalue weighted by atomic mass is 16.2. The van der Waals surface area contributed by atoms with Gasteiger partial charge in [0.2, 0.25) is 5.91 Å². The topological polar surface area (TPSA) is 93.2 Å². The molecule has 0 atom stereocenters. The van der Waals surface area contributed by atoms with Crippen LogP contribution >= 0.6 is 0 Å². The maximum Gasteiger partial charge on any atom is 0.253 e. The lowest BCUT2D eigenvalue weighted by atomic mass is 10.2. The zero-order chi connectivity index (χ0) is 15.4. The van der Waals surface area contributed by atoms with Gasteiger partial charge in [0.15, 0.2) is 0 Å². The van der Waals surface area contributed by atoms with Crippen molar-refractivity contribution in [3.05, 3.63) is 42.1 Å². The summed E-state index contributed by atoms with van der Waals surface area (Å²) in [6.07, 6.45) is 1.63. The molecule has 0 unspecified atom stereocenters. The number of nitrogens with one attached hydrogen (secondary N) is 1. The van der Waals surface area contributed by atoms with Gasteiger partial charge in [0.05, 0.1) is 0 Å². The van der Waals surface area contributed by atoms with Gasteiger partial charge in [0.25, 0.3) is 5.91 Å². The first-order valence-corrected chi connectivity index (χ1v) is 6.36. The molecule has 2 rings (SSSR count). The minimum Gasteiger partial charge on any atom is -0.382 e. The molecule has 0 aliphatic heterocycles. The monoisotopic (exact) mass is 287 g/mol. The van der Waals surface area contributed by atoms with Crippen molar-refractivity contribution in [2.45, 2.75) is 6.54 Å². The molecular weight excluding hydrogens is 270 g/mol. The van der Waals surface area contributed by atoms with Gasteiger partial charge >= 0.3 is 0 Å². The molecule has 0 radical (unpaired) electrons. The van der Waals surface area contributed by atoms with Crippen LogP contribution < -0.4 is 11.1 Å². The Balaban J connectivity index is 1.97. The SMILES string of the molecule is CN(C)C(=O)c1ccc(NC(=O)Cn2ccc(N)n2)cc1. The molecule has 0 spiro atoms. The zero-order valence-corrected chi connectivity index (χ0v) is 11.9. The van der Waals surface area contributed by atoms with Gasteiger partial charge in [-0.3, -0.25) is 14.3 Å². The van der Waals surface area contributed by atoms with Crippen LogP contribution in [0.4, 0.5) is 11.5 Å². The zero-order valence-electron chi connectivity index (χ0n) is 11.9. The van der Waals surface area contributed by atoms with Crippen LogP contribution in [-0.4, -0.2) is 40.6 Å². The van der Waals surface area contributed by atoms with E-state index in [1.54, 1.807) is 50.6 Å². The van der Waals surface area contributed by atoms with Gasteiger partial charge < -0.3 is 16.0 Å². The first-order chi connectivity index (χ1) is 9.95. The molecule has 3 N–H and O–H groups in total. The van der Waals surface area contributed by atoms with Crippen molar-refractivity contribution in [2.75, 3.05) is 25.1 Å². The number of aromatic nitrogens is 2. The van der Waals surface area contributed by atoms with E-state index < -0.39 is 0 Å². The Hall–Kier alpha value is -2.83. The van der Waals surface area contributed by atoms with Crippen LogP contribution in [0.15, 0.2) is 36.5 Å². The van der Waals surface area contributed by atoms with Gasteiger partial charge in [0, 0.05) is 31.5 Å². The fourth-order valence-electron chi connectivity index (χ4n) is 1.77. The molecule has 0 aliphatic carbocycles. The molecule has 1 aromatic carbocycles. The third kappa shape index (κ3) is 3.82. The van der Waals surface area contributed by atoms with Crippen LogP contribution in [0.2, 0.25) is 0 Å². The molecule has 0 saturated carbocycles. The van der Waals surface area contributed by atoms with Crippen molar-refractivity contribution in [3.63, 3.8) is 0 Å². The summed E-state index contributed by atoms with van der Waals surface area (Å²) in [6, 6.07) is 8.33. The van der Waals surface area contributed by atoms with Crippen molar-refractivity contribution >= 4 is 23.3 Å². The number of nitrogens with two attached hydrogens (primary N) is 1.